The fourth-order valence-electron chi connectivity index (χ4n) is 1.60. The van der Waals surface area contributed by atoms with Gasteiger partial charge in [-0.2, -0.15) is 11.8 Å². The molecule has 0 heterocycles. The van der Waals surface area contributed by atoms with Crippen molar-refractivity contribution in [3.05, 3.63) is 0 Å². The summed E-state index contributed by atoms with van der Waals surface area (Å²) in [7, 11) is 0.0894. The molecule has 0 radical (unpaired) electrons. The van der Waals surface area contributed by atoms with E-state index in [1.54, 1.807) is 11.9 Å². The number of ether oxygens (including phenoxy) is 1. The zero-order chi connectivity index (χ0) is 18.5. The molecule has 0 bridgehead atoms. The van der Waals surface area contributed by atoms with E-state index in [1.165, 1.54) is 0 Å². The Morgan fingerprint density at radius 3 is 2.13 bits per heavy atom. The smallest absolute Gasteiger partial charge is 0.410 e. The van der Waals surface area contributed by atoms with Crippen molar-refractivity contribution in [1.29, 1.82) is 0 Å². The van der Waals surface area contributed by atoms with Crippen LogP contribution in [-0.2, 0) is 9.16 Å². The summed E-state index contributed by atoms with van der Waals surface area (Å²) in [6.07, 6.45) is -0.0172. The van der Waals surface area contributed by atoms with Crippen LogP contribution in [0.15, 0.2) is 0 Å². The highest BCUT2D eigenvalue weighted by molar-refractivity contribution is 7.99. The standard InChI is InChI=1S/C17H37NO3SSi/c1-14(21-23(9,10)17(5,6)7)13-22-12-11-18(8)15(19)20-16(2,3)4/h14H,11-13H2,1-10H3. The van der Waals surface area contributed by atoms with Crippen molar-refractivity contribution in [2.45, 2.75) is 78.3 Å². The van der Waals surface area contributed by atoms with Crippen LogP contribution in [0.5, 0.6) is 0 Å². The molecule has 0 aromatic heterocycles. The number of rotatable bonds is 7. The van der Waals surface area contributed by atoms with Crippen LogP contribution in [0.1, 0.15) is 48.5 Å². The predicted molar refractivity (Wildman–Crippen MR) is 104 cm³/mol. The first-order valence-electron chi connectivity index (χ1n) is 8.35. The Hall–Kier alpha value is -0.203. The van der Waals surface area contributed by atoms with Crippen LogP contribution in [-0.4, -0.2) is 56.1 Å². The van der Waals surface area contributed by atoms with Gasteiger partial charge in [0.25, 0.3) is 0 Å². The molecule has 0 spiro atoms. The van der Waals surface area contributed by atoms with Crippen molar-refractivity contribution < 1.29 is 14.0 Å². The Bertz CT molecular complexity index is 375. The molecule has 23 heavy (non-hydrogen) atoms. The maximum atomic E-state index is 11.9. The van der Waals surface area contributed by atoms with Gasteiger partial charge in [-0.3, -0.25) is 0 Å². The van der Waals surface area contributed by atoms with Crippen LogP contribution in [0.4, 0.5) is 4.79 Å². The lowest BCUT2D eigenvalue weighted by Gasteiger charge is -2.38. The minimum absolute atomic E-state index is 0.239. The number of hydrogen-bond donors (Lipinski definition) is 0. The minimum Gasteiger partial charge on any atom is -0.444 e. The van der Waals surface area contributed by atoms with E-state index in [0.717, 1.165) is 11.5 Å². The van der Waals surface area contributed by atoms with E-state index in [4.69, 9.17) is 9.16 Å². The molecule has 4 nitrogen and oxygen atoms in total. The predicted octanol–water partition coefficient (Wildman–Crippen LogP) is 5.00. The molecule has 1 amide bonds. The highest BCUT2D eigenvalue weighted by atomic mass is 32.2. The Labute approximate surface area is 148 Å². The van der Waals surface area contributed by atoms with Crippen LogP contribution in [0.3, 0.4) is 0 Å². The summed E-state index contributed by atoms with van der Waals surface area (Å²) in [5.41, 5.74) is -0.440. The Balaban J connectivity index is 4.06. The van der Waals surface area contributed by atoms with Gasteiger partial charge in [0, 0.05) is 25.1 Å². The molecule has 0 saturated carbocycles. The van der Waals surface area contributed by atoms with Crippen LogP contribution in [0, 0.1) is 0 Å². The topological polar surface area (TPSA) is 38.8 Å². The molecule has 6 heteroatoms. The van der Waals surface area contributed by atoms with Crippen LogP contribution >= 0.6 is 11.8 Å². The first kappa shape index (κ1) is 22.8. The molecule has 1 atom stereocenters. The van der Waals surface area contributed by atoms with Gasteiger partial charge in [0.05, 0.1) is 6.10 Å². The Morgan fingerprint density at radius 1 is 1.17 bits per heavy atom. The quantitative estimate of drug-likeness (QED) is 0.471. The lowest BCUT2D eigenvalue weighted by atomic mass is 10.2. The Kier molecular flexibility index (Phi) is 8.69. The lowest BCUT2D eigenvalue weighted by Crippen LogP contribution is -2.43. The molecule has 0 aliphatic rings. The first-order chi connectivity index (χ1) is 10.2. The monoisotopic (exact) mass is 363 g/mol. The van der Waals surface area contributed by atoms with Crippen molar-refractivity contribution in [2.24, 2.45) is 0 Å². The third-order valence-electron chi connectivity index (χ3n) is 3.93. The molecule has 0 saturated heterocycles. The van der Waals surface area contributed by atoms with E-state index < -0.39 is 13.9 Å². The molecule has 0 aromatic carbocycles. The average Bonchev–Trinajstić information content (AvgIpc) is 2.30. The van der Waals surface area contributed by atoms with Crippen molar-refractivity contribution >= 4 is 26.2 Å². The molecule has 1 unspecified atom stereocenters. The highest BCUT2D eigenvalue weighted by Crippen LogP contribution is 2.37. The second-order valence-electron chi connectivity index (χ2n) is 8.67. The van der Waals surface area contributed by atoms with Crippen molar-refractivity contribution in [3.63, 3.8) is 0 Å². The fraction of sp³-hybridized carbons (Fsp3) is 0.941. The second-order valence-corrected chi connectivity index (χ2v) is 14.6. The van der Waals surface area contributed by atoms with Gasteiger partial charge in [-0.15, -0.1) is 0 Å². The molecule has 138 valence electrons. The molecule has 0 N–H and O–H groups in total. The normalized spacial score (nSPS) is 14.5. The third-order valence-corrected chi connectivity index (χ3v) is 9.71. The van der Waals surface area contributed by atoms with E-state index in [-0.39, 0.29) is 17.2 Å². The molecule has 0 fully saturated rings. The van der Waals surface area contributed by atoms with Crippen LogP contribution in [0.25, 0.3) is 0 Å². The lowest BCUT2D eigenvalue weighted by molar-refractivity contribution is 0.0309. The van der Waals surface area contributed by atoms with Gasteiger partial charge in [0.1, 0.15) is 5.60 Å². The number of carbonyl (C=O) groups excluding carboxylic acids is 1. The summed E-state index contributed by atoms with van der Waals surface area (Å²) in [6.45, 7) is 19.8. The van der Waals surface area contributed by atoms with E-state index in [2.05, 4.69) is 40.8 Å². The first-order valence-corrected chi connectivity index (χ1v) is 12.4. The number of thioether (sulfide) groups is 1. The summed E-state index contributed by atoms with van der Waals surface area (Å²) < 4.78 is 11.7. The summed E-state index contributed by atoms with van der Waals surface area (Å²) >= 11 is 1.82. The maximum Gasteiger partial charge on any atom is 0.410 e. The molecule has 0 rings (SSSR count). The Morgan fingerprint density at radius 2 is 1.70 bits per heavy atom. The summed E-state index contributed by atoms with van der Waals surface area (Å²) in [5.74, 6) is 1.84. The number of hydrogen-bond acceptors (Lipinski definition) is 4. The molecular formula is C17H37NO3SSi. The van der Waals surface area contributed by atoms with Crippen LogP contribution < -0.4 is 0 Å². The number of amides is 1. The summed E-state index contributed by atoms with van der Waals surface area (Å²) in [6, 6.07) is 0. The van der Waals surface area contributed by atoms with E-state index in [1.807, 2.05) is 32.5 Å². The average molecular weight is 364 g/mol. The molecule has 0 aromatic rings. The maximum absolute atomic E-state index is 11.9. The van der Waals surface area contributed by atoms with Gasteiger partial charge in [0.2, 0.25) is 0 Å². The third kappa shape index (κ3) is 9.62. The van der Waals surface area contributed by atoms with Gasteiger partial charge < -0.3 is 14.1 Å². The SMILES string of the molecule is CC(CSCCN(C)C(=O)OC(C)(C)C)O[Si](C)(C)C(C)(C)C. The van der Waals surface area contributed by atoms with Crippen molar-refractivity contribution in [2.75, 3.05) is 25.1 Å². The molecule has 0 aliphatic carbocycles. The minimum atomic E-state index is -1.69. The molecular weight excluding hydrogens is 326 g/mol. The largest absolute Gasteiger partial charge is 0.444 e. The van der Waals surface area contributed by atoms with Gasteiger partial charge in [-0.25, -0.2) is 4.79 Å². The van der Waals surface area contributed by atoms with E-state index in [0.29, 0.717) is 6.54 Å². The zero-order valence-corrected chi connectivity index (χ0v) is 18.6. The summed E-state index contributed by atoms with van der Waals surface area (Å²) in [5, 5.41) is 0.239. The van der Waals surface area contributed by atoms with E-state index >= 15 is 0 Å². The number of nitrogens with zero attached hydrogens (tertiary/aromatic N) is 1. The molecule has 0 aliphatic heterocycles. The van der Waals surface area contributed by atoms with Crippen molar-refractivity contribution in [3.8, 4) is 0 Å². The zero-order valence-electron chi connectivity index (χ0n) is 16.8. The van der Waals surface area contributed by atoms with Gasteiger partial charge in [-0.05, 0) is 45.8 Å². The van der Waals surface area contributed by atoms with Gasteiger partial charge in [-0.1, -0.05) is 20.8 Å². The van der Waals surface area contributed by atoms with Crippen LogP contribution in [0.2, 0.25) is 18.1 Å². The fourth-order valence-corrected chi connectivity index (χ4v) is 4.13. The van der Waals surface area contributed by atoms with Gasteiger partial charge in [0.15, 0.2) is 8.32 Å². The highest BCUT2D eigenvalue weighted by Gasteiger charge is 2.38. The van der Waals surface area contributed by atoms with Crippen molar-refractivity contribution in [1.82, 2.24) is 4.90 Å². The van der Waals surface area contributed by atoms with Gasteiger partial charge >= 0.3 is 6.09 Å². The second kappa shape index (κ2) is 8.76. The number of carbonyl (C=O) groups is 1. The van der Waals surface area contributed by atoms with E-state index in [9.17, 15) is 4.79 Å². The summed E-state index contributed by atoms with van der Waals surface area (Å²) in [4.78, 5) is 13.5.